The molecule has 0 radical (unpaired) electrons. The van der Waals surface area contributed by atoms with E-state index in [-0.39, 0.29) is 24.0 Å². The molecule has 1 saturated heterocycles. The quantitative estimate of drug-likeness (QED) is 0.803. The fraction of sp³-hybridized carbons (Fsp3) is 0.500. The Hall–Kier alpha value is -2.02. The molecule has 0 spiro atoms. The predicted octanol–water partition coefficient (Wildman–Crippen LogP) is 2.55. The van der Waals surface area contributed by atoms with Crippen molar-refractivity contribution in [1.29, 1.82) is 0 Å². The van der Waals surface area contributed by atoms with E-state index >= 15 is 0 Å². The molecular weight excluding hydrogens is 314 g/mol. The smallest absolute Gasteiger partial charge is 0.417 e. The summed E-state index contributed by atoms with van der Waals surface area (Å²) in [5.74, 6) is -0.273. The normalized spacial score (nSPS) is 27.1. The van der Waals surface area contributed by atoms with Gasteiger partial charge in [-0.05, 0) is 38.7 Å². The van der Waals surface area contributed by atoms with Crippen LogP contribution in [-0.4, -0.2) is 39.0 Å². The molecule has 0 N–H and O–H groups in total. The third-order valence-electron chi connectivity index (χ3n) is 4.89. The molecule has 3 heterocycles. The molecule has 6 nitrogen and oxygen atoms in total. The van der Waals surface area contributed by atoms with Crippen molar-refractivity contribution < 1.29 is 14.3 Å². The van der Waals surface area contributed by atoms with Crippen molar-refractivity contribution in [2.45, 2.75) is 45.3 Å². The SMILES string of the molecule is C[C@H]1OC(=O)N(C(=O)[C@H]2CCc3c(sc4ncncc34)C2)[C@H]1C. The molecule has 0 unspecified atom stereocenters. The molecule has 2 amide bonds. The van der Waals surface area contributed by atoms with Crippen LogP contribution in [0.3, 0.4) is 0 Å². The standard InChI is InChI=1S/C16H17N3O3S/c1-8-9(2)22-16(21)19(8)15(20)10-3-4-11-12-6-17-7-18-14(12)23-13(11)5-10/h6-10H,3-5H2,1-2H3/t8-,9+,10-/m0/s1. The molecule has 1 aliphatic heterocycles. The Morgan fingerprint density at radius 3 is 3.00 bits per heavy atom. The minimum absolute atomic E-state index is 0.110. The number of carbonyl (C=O) groups is 2. The van der Waals surface area contributed by atoms with E-state index in [1.165, 1.54) is 15.3 Å². The average molecular weight is 331 g/mol. The summed E-state index contributed by atoms with van der Waals surface area (Å²) in [7, 11) is 0. The first-order valence-corrected chi connectivity index (χ1v) is 8.62. The van der Waals surface area contributed by atoms with E-state index in [1.807, 2.05) is 20.0 Å². The van der Waals surface area contributed by atoms with Crippen LogP contribution in [-0.2, 0) is 22.4 Å². The number of nitrogens with zero attached hydrogens (tertiary/aromatic N) is 3. The first-order chi connectivity index (χ1) is 11.1. The zero-order valence-electron chi connectivity index (χ0n) is 13.0. The molecule has 7 heteroatoms. The molecule has 1 aliphatic carbocycles. The summed E-state index contributed by atoms with van der Waals surface area (Å²) in [5, 5.41) is 1.10. The summed E-state index contributed by atoms with van der Waals surface area (Å²) < 4.78 is 5.17. The van der Waals surface area contributed by atoms with Gasteiger partial charge in [0.2, 0.25) is 5.91 Å². The lowest BCUT2D eigenvalue weighted by Gasteiger charge is -2.26. The van der Waals surface area contributed by atoms with Crippen molar-refractivity contribution in [1.82, 2.24) is 14.9 Å². The number of aromatic nitrogens is 2. The van der Waals surface area contributed by atoms with E-state index in [9.17, 15) is 9.59 Å². The summed E-state index contributed by atoms with van der Waals surface area (Å²) in [6.07, 6.45) is 4.88. The monoisotopic (exact) mass is 331 g/mol. The summed E-state index contributed by atoms with van der Waals surface area (Å²) in [4.78, 5) is 36.6. The van der Waals surface area contributed by atoms with Gasteiger partial charge >= 0.3 is 6.09 Å². The third-order valence-corrected chi connectivity index (χ3v) is 6.07. The highest BCUT2D eigenvalue weighted by molar-refractivity contribution is 7.18. The molecule has 0 bridgehead atoms. The van der Waals surface area contributed by atoms with Crippen molar-refractivity contribution in [2.24, 2.45) is 5.92 Å². The first-order valence-electron chi connectivity index (χ1n) is 7.80. The number of carbonyl (C=O) groups excluding carboxylic acids is 2. The molecule has 2 aromatic rings. The second-order valence-electron chi connectivity index (χ2n) is 6.22. The minimum Gasteiger partial charge on any atom is -0.444 e. The lowest BCUT2D eigenvalue weighted by Crippen LogP contribution is -2.43. The number of ether oxygens (including phenoxy) is 1. The number of fused-ring (bicyclic) bond motifs is 3. The van der Waals surface area contributed by atoms with E-state index < -0.39 is 6.09 Å². The fourth-order valence-electron chi connectivity index (χ4n) is 3.41. The first kappa shape index (κ1) is 14.6. The molecule has 23 heavy (non-hydrogen) atoms. The Morgan fingerprint density at radius 2 is 2.26 bits per heavy atom. The van der Waals surface area contributed by atoms with Crippen LogP contribution >= 0.6 is 11.3 Å². The van der Waals surface area contributed by atoms with E-state index in [1.54, 1.807) is 17.7 Å². The maximum Gasteiger partial charge on any atom is 0.417 e. The lowest BCUT2D eigenvalue weighted by atomic mass is 9.87. The summed E-state index contributed by atoms with van der Waals surface area (Å²) in [6.45, 7) is 3.68. The average Bonchev–Trinajstić information content (AvgIpc) is 3.03. The number of thiophene rings is 1. The number of hydrogen-bond acceptors (Lipinski definition) is 6. The predicted molar refractivity (Wildman–Crippen MR) is 85.2 cm³/mol. The van der Waals surface area contributed by atoms with Crippen molar-refractivity contribution in [3.05, 3.63) is 23.0 Å². The lowest BCUT2D eigenvalue weighted by molar-refractivity contribution is -0.133. The summed E-state index contributed by atoms with van der Waals surface area (Å²) >= 11 is 1.63. The highest BCUT2D eigenvalue weighted by atomic mass is 32.1. The number of amides is 2. The minimum atomic E-state index is -0.511. The van der Waals surface area contributed by atoms with Gasteiger partial charge in [-0.2, -0.15) is 0 Å². The van der Waals surface area contributed by atoms with Crippen molar-refractivity contribution in [3.8, 4) is 0 Å². The molecule has 1 fully saturated rings. The molecule has 0 aromatic carbocycles. The van der Waals surface area contributed by atoms with Crippen LogP contribution in [0.4, 0.5) is 4.79 Å². The summed E-state index contributed by atoms with van der Waals surface area (Å²) in [6, 6.07) is -0.204. The van der Waals surface area contributed by atoms with Gasteiger partial charge in [0.05, 0.1) is 6.04 Å². The zero-order chi connectivity index (χ0) is 16.1. The summed E-state index contributed by atoms with van der Waals surface area (Å²) in [5.41, 5.74) is 1.26. The highest BCUT2D eigenvalue weighted by Gasteiger charge is 2.43. The Balaban J connectivity index is 1.60. The zero-order valence-corrected chi connectivity index (χ0v) is 13.8. The number of imide groups is 1. The second-order valence-corrected chi connectivity index (χ2v) is 7.31. The van der Waals surface area contributed by atoms with Crippen molar-refractivity contribution in [3.63, 3.8) is 0 Å². The van der Waals surface area contributed by atoms with Crippen LogP contribution in [0.2, 0.25) is 0 Å². The van der Waals surface area contributed by atoms with Gasteiger partial charge < -0.3 is 4.74 Å². The fourth-order valence-corrected chi connectivity index (χ4v) is 4.65. The third kappa shape index (κ3) is 2.22. The number of rotatable bonds is 1. The number of cyclic esters (lactones) is 1. The second kappa shape index (κ2) is 5.26. The van der Waals surface area contributed by atoms with Gasteiger partial charge in [0, 0.05) is 22.4 Å². The number of hydrogen-bond donors (Lipinski definition) is 0. The van der Waals surface area contributed by atoms with Gasteiger partial charge in [0.25, 0.3) is 0 Å². The van der Waals surface area contributed by atoms with E-state index in [4.69, 9.17) is 4.74 Å². The van der Waals surface area contributed by atoms with E-state index in [2.05, 4.69) is 9.97 Å². The van der Waals surface area contributed by atoms with Gasteiger partial charge in [0.1, 0.15) is 17.3 Å². The van der Waals surface area contributed by atoms with E-state index in [0.29, 0.717) is 6.42 Å². The molecule has 2 aliphatic rings. The van der Waals surface area contributed by atoms with Gasteiger partial charge in [0.15, 0.2) is 0 Å². The van der Waals surface area contributed by atoms with Crippen LogP contribution in [0, 0.1) is 5.92 Å². The van der Waals surface area contributed by atoms with Crippen LogP contribution in [0.15, 0.2) is 12.5 Å². The Kier molecular flexibility index (Phi) is 3.33. The van der Waals surface area contributed by atoms with Crippen LogP contribution in [0.25, 0.3) is 10.2 Å². The number of aryl methyl sites for hydroxylation is 1. The molecular formula is C16H17N3O3S. The van der Waals surface area contributed by atoms with Crippen molar-refractivity contribution in [2.75, 3.05) is 0 Å². The van der Waals surface area contributed by atoms with Gasteiger partial charge in [-0.15, -0.1) is 11.3 Å². The Morgan fingerprint density at radius 1 is 1.43 bits per heavy atom. The van der Waals surface area contributed by atoms with Gasteiger partial charge in [-0.1, -0.05) is 0 Å². The molecule has 0 saturated carbocycles. The topological polar surface area (TPSA) is 72.4 Å². The van der Waals surface area contributed by atoms with Crippen LogP contribution in [0.5, 0.6) is 0 Å². The maximum absolute atomic E-state index is 12.8. The largest absolute Gasteiger partial charge is 0.444 e. The van der Waals surface area contributed by atoms with Crippen molar-refractivity contribution >= 4 is 33.6 Å². The maximum atomic E-state index is 12.8. The Bertz CT molecular complexity index is 803. The molecule has 120 valence electrons. The van der Waals surface area contributed by atoms with Gasteiger partial charge in [-0.3, -0.25) is 4.79 Å². The molecule has 4 rings (SSSR count). The highest BCUT2D eigenvalue weighted by Crippen LogP contribution is 2.38. The van der Waals surface area contributed by atoms with E-state index in [0.717, 1.165) is 23.1 Å². The van der Waals surface area contributed by atoms with Crippen LogP contribution in [0.1, 0.15) is 30.7 Å². The molecule has 2 aromatic heterocycles. The van der Waals surface area contributed by atoms with Gasteiger partial charge in [-0.25, -0.2) is 19.7 Å². The van der Waals surface area contributed by atoms with Crippen LogP contribution < -0.4 is 0 Å². The Labute approximate surface area is 137 Å². The molecule has 3 atom stereocenters.